The summed E-state index contributed by atoms with van der Waals surface area (Å²) in [4.78, 5) is 28.7. The SMILES string of the molecule is COC(=O)c1c(CC(C)C)csc1NC(=O)CCc1nc(-c2ccco2)no1. The molecule has 0 unspecified atom stereocenters. The average molecular weight is 403 g/mol. The summed E-state index contributed by atoms with van der Waals surface area (Å²) in [6, 6.07) is 3.45. The number of anilines is 1. The quantitative estimate of drug-likeness (QED) is 0.567. The van der Waals surface area contributed by atoms with Crippen molar-refractivity contribution in [3.05, 3.63) is 40.8 Å². The summed E-state index contributed by atoms with van der Waals surface area (Å²) < 4.78 is 15.2. The van der Waals surface area contributed by atoms with Crippen molar-refractivity contribution in [1.82, 2.24) is 10.1 Å². The summed E-state index contributed by atoms with van der Waals surface area (Å²) >= 11 is 1.32. The molecule has 3 aromatic heterocycles. The highest BCUT2D eigenvalue weighted by Crippen LogP contribution is 2.31. The van der Waals surface area contributed by atoms with Crippen molar-refractivity contribution in [2.75, 3.05) is 12.4 Å². The fourth-order valence-corrected chi connectivity index (χ4v) is 3.65. The maximum Gasteiger partial charge on any atom is 0.341 e. The van der Waals surface area contributed by atoms with Crippen molar-refractivity contribution >= 4 is 28.2 Å². The first-order chi connectivity index (χ1) is 13.5. The molecule has 0 spiro atoms. The molecule has 0 aliphatic heterocycles. The van der Waals surface area contributed by atoms with Gasteiger partial charge in [-0.1, -0.05) is 19.0 Å². The van der Waals surface area contributed by atoms with Crippen LogP contribution < -0.4 is 5.32 Å². The van der Waals surface area contributed by atoms with Crippen LogP contribution in [0.4, 0.5) is 5.00 Å². The number of rotatable bonds is 8. The Morgan fingerprint density at radius 1 is 1.36 bits per heavy atom. The van der Waals surface area contributed by atoms with Crippen LogP contribution in [-0.4, -0.2) is 29.1 Å². The van der Waals surface area contributed by atoms with Crippen molar-refractivity contribution < 1.29 is 23.3 Å². The van der Waals surface area contributed by atoms with Gasteiger partial charge in [-0.15, -0.1) is 11.3 Å². The van der Waals surface area contributed by atoms with E-state index in [4.69, 9.17) is 13.7 Å². The van der Waals surface area contributed by atoms with E-state index in [9.17, 15) is 9.59 Å². The Bertz CT molecular complexity index is 943. The molecule has 0 fully saturated rings. The van der Waals surface area contributed by atoms with E-state index >= 15 is 0 Å². The minimum absolute atomic E-state index is 0.137. The molecule has 148 valence electrons. The molecule has 0 aliphatic carbocycles. The fraction of sp³-hybridized carbons (Fsp3) is 0.368. The summed E-state index contributed by atoms with van der Waals surface area (Å²) in [5, 5.41) is 9.00. The number of nitrogens with one attached hydrogen (secondary N) is 1. The van der Waals surface area contributed by atoms with E-state index in [1.165, 1.54) is 24.7 Å². The molecule has 0 bridgehead atoms. The fourth-order valence-electron chi connectivity index (χ4n) is 2.67. The van der Waals surface area contributed by atoms with E-state index in [0.717, 1.165) is 12.0 Å². The number of aromatic nitrogens is 2. The molecule has 3 aromatic rings. The molecule has 0 aliphatic rings. The van der Waals surface area contributed by atoms with E-state index in [2.05, 4.69) is 29.3 Å². The molecule has 1 amide bonds. The molecule has 8 nitrogen and oxygen atoms in total. The number of nitrogens with zero attached hydrogens (tertiary/aromatic N) is 2. The number of amides is 1. The second-order valence-electron chi connectivity index (χ2n) is 6.59. The molecule has 28 heavy (non-hydrogen) atoms. The lowest BCUT2D eigenvalue weighted by Crippen LogP contribution is -2.15. The average Bonchev–Trinajstić information content (AvgIpc) is 3.40. The van der Waals surface area contributed by atoms with Crippen molar-refractivity contribution in [1.29, 1.82) is 0 Å². The maximum absolute atomic E-state index is 12.4. The highest BCUT2D eigenvalue weighted by Gasteiger charge is 2.22. The van der Waals surface area contributed by atoms with E-state index in [1.54, 1.807) is 12.1 Å². The third-order valence-electron chi connectivity index (χ3n) is 3.91. The Balaban J connectivity index is 1.63. The second-order valence-corrected chi connectivity index (χ2v) is 7.47. The summed E-state index contributed by atoms with van der Waals surface area (Å²) in [7, 11) is 1.33. The molecule has 9 heteroatoms. The van der Waals surface area contributed by atoms with Crippen molar-refractivity contribution in [2.45, 2.75) is 33.1 Å². The number of carbonyl (C=O) groups excluding carboxylic acids is 2. The van der Waals surface area contributed by atoms with E-state index in [1.807, 2.05) is 5.38 Å². The van der Waals surface area contributed by atoms with Crippen LogP contribution in [0.15, 0.2) is 32.7 Å². The van der Waals surface area contributed by atoms with Crippen LogP contribution in [0.3, 0.4) is 0 Å². The number of furan rings is 1. The number of hydrogen-bond donors (Lipinski definition) is 1. The highest BCUT2D eigenvalue weighted by molar-refractivity contribution is 7.15. The monoisotopic (exact) mass is 403 g/mol. The summed E-state index contributed by atoms with van der Waals surface area (Å²) in [6.07, 6.45) is 2.66. The van der Waals surface area contributed by atoms with Gasteiger partial charge in [0, 0.05) is 12.8 Å². The maximum atomic E-state index is 12.4. The van der Waals surface area contributed by atoms with Crippen LogP contribution in [0, 0.1) is 5.92 Å². The van der Waals surface area contributed by atoms with Crippen molar-refractivity contribution in [3.8, 4) is 11.6 Å². The lowest BCUT2D eigenvalue weighted by atomic mass is 10.0. The summed E-state index contributed by atoms with van der Waals surface area (Å²) in [5.74, 6) is 0.848. The summed E-state index contributed by atoms with van der Waals surface area (Å²) in [5.41, 5.74) is 1.30. The molecular weight excluding hydrogens is 382 g/mol. The van der Waals surface area contributed by atoms with Crippen LogP contribution in [0.1, 0.15) is 42.1 Å². The molecule has 0 saturated carbocycles. The largest absolute Gasteiger partial charge is 0.465 e. The molecule has 3 rings (SSSR count). The van der Waals surface area contributed by atoms with Gasteiger partial charge in [0.25, 0.3) is 0 Å². The molecular formula is C19H21N3O5S. The number of esters is 1. The molecule has 3 heterocycles. The zero-order valence-corrected chi connectivity index (χ0v) is 16.7. The van der Waals surface area contributed by atoms with Gasteiger partial charge in [-0.05, 0) is 35.4 Å². The standard InChI is InChI=1S/C19H21N3O5S/c1-11(2)9-12-10-28-18(16(12)19(24)25-3)20-14(23)6-7-15-21-17(22-27-15)13-5-4-8-26-13/h4-5,8,10-11H,6-7,9H2,1-3H3,(H,20,23). The van der Waals surface area contributed by atoms with Gasteiger partial charge >= 0.3 is 5.97 Å². The predicted octanol–water partition coefficient (Wildman–Crippen LogP) is 3.95. The van der Waals surface area contributed by atoms with Gasteiger partial charge in [0.1, 0.15) is 5.00 Å². The van der Waals surface area contributed by atoms with E-state index in [-0.39, 0.29) is 18.7 Å². The molecule has 0 saturated heterocycles. The first kappa shape index (κ1) is 19.8. The van der Waals surface area contributed by atoms with E-state index in [0.29, 0.717) is 34.0 Å². The number of methoxy groups -OCH3 is 1. The van der Waals surface area contributed by atoms with Gasteiger partial charge in [0.15, 0.2) is 5.76 Å². The Morgan fingerprint density at radius 3 is 2.86 bits per heavy atom. The van der Waals surface area contributed by atoms with Gasteiger partial charge in [-0.25, -0.2) is 4.79 Å². The number of ether oxygens (including phenoxy) is 1. The second kappa shape index (κ2) is 8.83. The molecule has 0 aromatic carbocycles. The van der Waals surface area contributed by atoms with Crippen LogP contribution >= 0.6 is 11.3 Å². The predicted molar refractivity (Wildman–Crippen MR) is 103 cm³/mol. The van der Waals surface area contributed by atoms with Gasteiger partial charge in [0.2, 0.25) is 17.6 Å². The third-order valence-corrected chi connectivity index (χ3v) is 4.86. The van der Waals surface area contributed by atoms with Crippen molar-refractivity contribution in [3.63, 3.8) is 0 Å². The molecule has 0 atom stereocenters. The minimum Gasteiger partial charge on any atom is -0.465 e. The van der Waals surface area contributed by atoms with Gasteiger partial charge in [0.05, 0.1) is 18.9 Å². The minimum atomic E-state index is -0.452. The third kappa shape index (κ3) is 4.66. The lowest BCUT2D eigenvalue weighted by Gasteiger charge is -2.08. The Hall–Kier alpha value is -2.94. The lowest BCUT2D eigenvalue weighted by molar-refractivity contribution is -0.116. The van der Waals surface area contributed by atoms with Crippen LogP contribution in [0.25, 0.3) is 11.6 Å². The van der Waals surface area contributed by atoms with Crippen molar-refractivity contribution in [2.24, 2.45) is 5.92 Å². The normalized spacial score (nSPS) is 11.0. The zero-order chi connectivity index (χ0) is 20.1. The molecule has 0 radical (unpaired) electrons. The Labute approximate surface area is 165 Å². The van der Waals surface area contributed by atoms with Gasteiger partial charge < -0.3 is 19.0 Å². The summed E-state index contributed by atoms with van der Waals surface area (Å²) in [6.45, 7) is 4.14. The highest BCUT2D eigenvalue weighted by atomic mass is 32.1. The Morgan fingerprint density at radius 2 is 2.18 bits per heavy atom. The number of carbonyl (C=O) groups is 2. The topological polar surface area (TPSA) is 107 Å². The van der Waals surface area contributed by atoms with Crippen LogP contribution in [0.2, 0.25) is 0 Å². The molecule has 1 N–H and O–H groups in total. The number of aryl methyl sites for hydroxylation is 1. The van der Waals surface area contributed by atoms with Gasteiger partial charge in [-0.2, -0.15) is 4.98 Å². The van der Waals surface area contributed by atoms with E-state index < -0.39 is 5.97 Å². The first-order valence-corrected chi connectivity index (χ1v) is 9.71. The number of thiophene rings is 1. The smallest absolute Gasteiger partial charge is 0.341 e. The van der Waals surface area contributed by atoms with Crippen LogP contribution in [0.5, 0.6) is 0 Å². The van der Waals surface area contributed by atoms with Crippen LogP contribution in [-0.2, 0) is 22.4 Å². The first-order valence-electron chi connectivity index (χ1n) is 8.83. The zero-order valence-electron chi connectivity index (χ0n) is 15.9. The number of hydrogen-bond acceptors (Lipinski definition) is 8. The Kier molecular flexibility index (Phi) is 6.25. The van der Waals surface area contributed by atoms with Gasteiger partial charge in [-0.3, -0.25) is 4.79 Å².